The van der Waals surface area contributed by atoms with Crippen LogP contribution in [0.3, 0.4) is 0 Å². The van der Waals surface area contributed by atoms with Crippen molar-refractivity contribution in [3.8, 4) is 0 Å². The Hall–Kier alpha value is -0.830. The minimum absolute atomic E-state index is 0.235. The van der Waals surface area contributed by atoms with Crippen molar-refractivity contribution in [2.45, 2.75) is 39.8 Å². The Morgan fingerprint density at radius 3 is 2.80 bits per heavy atom. The largest absolute Gasteiger partial charge is 0.305 e. The Balaban J connectivity index is 1.83. The second-order valence-corrected chi connectivity index (χ2v) is 8.14. The molecule has 1 aliphatic carbocycles. The maximum atomic E-state index is 6.18. The van der Waals surface area contributed by atoms with Gasteiger partial charge in [0, 0.05) is 27.4 Å². The smallest absolute Gasteiger partial charge is 0.0409 e. The molecule has 1 aliphatic rings. The monoisotopic (exact) mass is 305 g/mol. The van der Waals surface area contributed by atoms with Crippen LogP contribution in [0.5, 0.6) is 0 Å². The summed E-state index contributed by atoms with van der Waals surface area (Å²) in [5, 5.41) is 4.57. The summed E-state index contributed by atoms with van der Waals surface area (Å²) in [4.78, 5) is 2.77. The van der Waals surface area contributed by atoms with E-state index in [4.69, 9.17) is 11.6 Å². The van der Waals surface area contributed by atoms with Crippen LogP contribution < -0.4 is 5.32 Å². The van der Waals surface area contributed by atoms with Crippen molar-refractivity contribution in [1.82, 2.24) is 5.32 Å². The lowest BCUT2D eigenvalue weighted by Crippen LogP contribution is -2.30. The van der Waals surface area contributed by atoms with Gasteiger partial charge in [0.25, 0.3) is 0 Å². The van der Waals surface area contributed by atoms with E-state index in [0.717, 1.165) is 18.0 Å². The van der Waals surface area contributed by atoms with Crippen LogP contribution in [0.4, 0.5) is 0 Å². The summed E-state index contributed by atoms with van der Waals surface area (Å²) in [6.45, 7) is 7.75. The van der Waals surface area contributed by atoms with Gasteiger partial charge < -0.3 is 5.32 Å². The summed E-state index contributed by atoms with van der Waals surface area (Å²) in [7, 11) is 0. The van der Waals surface area contributed by atoms with Crippen LogP contribution in [0.1, 0.15) is 40.8 Å². The fourth-order valence-corrected chi connectivity index (χ4v) is 4.20. The standard InChI is InChI=1S/C17H20ClNS/c1-11-4-7-14(20-11)10-19-16-15-8-13(18)6-5-12(15)9-17(16,2)3/h4-8,16,19H,9-10H2,1-3H3. The van der Waals surface area contributed by atoms with Gasteiger partial charge in [0.2, 0.25) is 0 Å². The van der Waals surface area contributed by atoms with E-state index < -0.39 is 0 Å². The van der Waals surface area contributed by atoms with Gasteiger partial charge in [0.15, 0.2) is 0 Å². The summed E-state index contributed by atoms with van der Waals surface area (Å²) < 4.78 is 0. The number of fused-ring (bicyclic) bond motifs is 1. The van der Waals surface area contributed by atoms with Gasteiger partial charge in [0.05, 0.1) is 0 Å². The van der Waals surface area contributed by atoms with Gasteiger partial charge in [-0.1, -0.05) is 31.5 Å². The minimum atomic E-state index is 0.235. The van der Waals surface area contributed by atoms with Crippen molar-refractivity contribution in [3.63, 3.8) is 0 Å². The summed E-state index contributed by atoms with van der Waals surface area (Å²) in [5.74, 6) is 0. The fourth-order valence-electron chi connectivity index (χ4n) is 3.18. The average Bonchev–Trinajstić information content (AvgIpc) is 2.87. The molecule has 0 spiro atoms. The molecule has 1 aromatic carbocycles. The third kappa shape index (κ3) is 2.65. The second-order valence-electron chi connectivity index (χ2n) is 6.33. The van der Waals surface area contributed by atoms with Crippen molar-refractivity contribution in [1.29, 1.82) is 0 Å². The van der Waals surface area contributed by atoms with Gasteiger partial charge >= 0.3 is 0 Å². The normalized spacial score (nSPS) is 20.1. The first-order valence-electron chi connectivity index (χ1n) is 7.03. The van der Waals surface area contributed by atoms with Crippen molar-refractivity contribution in [2.75, 3.05) is 0 Å². The van der Waals surface area contributed by atoms with Crippen LogP contribution >= 0.6 is 22.9 Å². The van der Waals surface area contributed by atoms with Gasteiger partial charge in [-0.2, -0.15) is 0 Å². The average molecular weight is 306 g/mol. The van der Waals surface area contributed by atoms with E-state index in [2.05, 4.69) is 50.4 Å². The zero-order valence-corrected chi connectivity index (χ0v) is 13.7. The van der Waals surface area contributed by atoms with Crippen LogP contribution in [0.2, 0.25) is 5.02 Å². The van der Waals surface area contributed by atoms with Crippen molar-refractivity contribution in [2.24, 2.45) is 5.41 Å². The Bertz CT molecular complexity index is 630. The summed E-state index contributed by atoms with van der Waals surface area (Å²) in [6, 6.07) is 11.1. The van der Waals surface area contributed by atoms with Gasteiger partial charge in [0.1, 0.15) is 0 Å². The SMILES string of the molecule is Cc1ccc(CNC2c3cc(Cl)ccc3CC2(C)C)s1. The molecule has 3 rings (SSSR count). The fraction of sp³-hybridized carbons (Fsp3) is 0.412. The van der Waals surface area contributed by atoms with E-state index in [1.54, 1.807) is 0 Å². The molecule has 1 atom stereocenters. The highest BCUT2D eigenvalue weighted by atomic mass is 35.5. The van der Waals surface area contributed by atoms with Gasteiger partial charge in [-0.3, -0.25) is 0 Å². The molecule has 1 aromatic heterocycles. The Labute approximate surface area is 130 Å². The van der Waals surface area contributed by atoms with Crippen LogP contribution in [0.15, 0.2) is 30.3 Å². The van der Waals surface area contributed by atoms with Crippen molar-refractivity contribution in [3.05, 3.63) is 56.2 Å². The van der Waals surface area contributed by atoms with Gasteiger partial charge in [-0.25, -0.2) is 0 Å². The number of hydrogen-bond acceptors (Lipinski definition) is 2. The number of benzene rings is 1. The predicted octanol–water partition coefficient (Wildman–Crippen LogP) is 5.12. The summed E-state index contributed by atoms with van der Waals surface area (Å²) >= 11 is 8.04. The van der Waals surface area contributed by atoms with Crippen LogP contribution in [0.25, 0.3) is 0 Å². The van der Waals surface area contributed by atoms with Crippen LogP contribution in [-0.2, 0) is 13.0 Å². The highest BCUT2D eigenvalue weighted by molar-refractivity contribution is 7.11. The molecular weight excluding hydrogens is 286 g/mol. The molecule has 1 nitrogen and oxygen atoms in total. The molecule has 0 aliphatic heterocycles. The number of aryl methyl sites for hydroxylation is 1. The first kappa shape index (κ1) is 14.1. The molecular formula is C17H20ClNS. The quantitative estimate of drug-likeness (QED) is 0.829. The second kappa shape index (κ2) is 5.18. The minimum Gasteiger partial charge on any atom is -0.305 e. The molecule has 106 valence electrons. The van der Waals surface area contributed by atoms with E-state index >= 15 is 0 Å². The molecule has 1 N–H and O–H groups in total. The molecule has 0 amide bonds. The van der Waals surface area contributed by atoms with E-state index in [0.29, 0.717) is 6.04 Å². The molecule has 20 heavy (non-hydrogen) atoms. The zero-order valence-electron chi connectivity index (χ0n) is 12.2. The third-order valence-electron chi connectivity index (χ3n) is 4.12. The first-order chi connectivity index (χ1) is 9.45. The molecule has 0 bridgehead atoms. The number of rotatable bonds is 3. The maximum Gasteiger partial charge on any atom is 0.0409 e. The maximum absolute atomic E-state index is 6.18. The number of halogens is 1. The molecule has 1 unspecified atom stereocenters. The predicted molar refractivity (Wildman–Crippen MR) is 87.6 cm³/mol. The van der Waals surface area contributed by atoms with Crippen molar-refractivity contribution >= 4 is 22.9 Å². The number of nitrogens with one attached hydrogen (secondary N) is 1. The lowest BCUT2D eigenvalue weighted by atomic mass is 9.85. The third-order valence-corrected chi connectivity index (χ3v) is 5.36. The molecule has 0 saturated carbocycles. The topological polar surface area (TPSA) is 12.0 Å². The molecule has 0 radical (unpaired) electrons. The number of thiophene rings is 1. The van der Waals surface area contributed by atoms with Crippen molar-refractivity contribution < 1.29 is 0 Å². The lowest BCUT2D eigenvalue weighted by molar-refractivity contribution is 0.268. The Kier molecular flexibility index (Phi) is 3.65. The highest BCUT2D eigenvalue weighted by Gasteiger charge is 2.38. The Morgan fingerprint density at radius 1 is 1.30 bits per heavy atom. The lowest BCUT2D eigenvalue weighted by Gasteiger charge is -2.28. The number of hydrogen-bond donors (Lipinski definition) is 1. The van der Waals surface area contributed by atoms with Crippen LogP contribution in [-0.4, -0.2) is 0 Å². The van der Waals surface area contributed by atoms with E-state index in [1.807, 2.05) is 17.4 Å². The Morgan fingerprint density at radius 2 is 2.10 bits per heavy atom. The van der Waals surface area contributed by atoms with E-state index in [1.165, 1.54) is 20.9 Å². The summed E-state index contributed by atoms with van der Waals surface area (Å²) in [5.41, 5.74) is 3.04. The molecule has 2 aromatic rings. The van der Waals surface area contributed by atoms with Gasteiger partial charge in [-0.15, -0.1) is 11.3 Å². The summed E-state index contributed by atoms with van der Waals surface area (Å²) in [6.07, 6.45) is 1.11. The molecule has 0 fully saturated rings. The van der Waals surface area contributed by atoms with Crippen LogP contribution in [0, 0.1) is 12.3 Å². The molecule has 1 heterocycles. The molecule has 0 saturated heterocycles. The first-order valence-corrected chi connectivity index (χ1v) is 8.22. The highest BCUT2D eigenvalue weighted by Crippen LogP contribution is 2.46. The van der Waals surface area contributed by atoms with E-state index in [9.17, 15) is 0 Å². The molecule has 3 heteroatoms. The zero-order chi connectivity index (χ0) is 14.3. The van der Waals surface area contributed by atoms with E-state index in [-0.39, 0.29) is 5.41 Å². The van der Waals surface area contributed by atoms with Gasteiger partial charge in [-0.05, 0) is 54.2 Å².